The quantitative estimate of drug-likeness (QED) is 0.452. The number of ether oxygens (including phenoxy) is 1. The first-order valence-electron chi connectivity index (χ1n) is 2.13. The highest BCUT2D eigenvalue weighted by molar-refractivity contribution is 7.31. The van der Waals surface area contributed by atoms with Crippen molar-refractivity contribution in [3.05, 3.63) is 0 Å². The fraction of sp³-hybridized carbons (Fsp3) is 1.00. The van der Waals surface area contributed by atoms with Gasteiger partial charge in [-0.1, -0.05) is 0 Å². The van der Waals surface area contributed by atoms with Gasteiger partial charge in [0.05, 0.1) is 13.2 Å². The molecule has 0 fully saturated rings. The van der Waals surface area contributed by atoms with E-state index in [4.69, 9.17) is 9.26 Å². The largest absolute Gasteiger partial charge is 0.382 e. The van der Waals surface area contributed by atoms with Gasteiger partial charge < -0.3 is 9.26 Å². The zero-order valence-corrected chi connectivity index (χ0v) is 6.75. The van der Waals surface area contributed by atoms with Crippen molar-refractivity contribution in [1.82, 2.24) is 0 Å². The summed E-state index contributed by atoms with van der Waals surface area (Å²) in [5, 5.41) is 0. The van der Waals surface area contributed by atoms with Crippen molar-refractivity contribution >= 4 is 18.0 Å². The molecule has 0 aromatic carbocycles. The summed E-state index contributed by atoms with van der Waals surface area (Å²) in [7, 11) is 4.49. The van der Waals surface area contributed by atoms with Crippen LogP contribution in [0.1, 0.15) is 0 Å². The van der Waals surface area contributed by atoms with E-state index in [9.17, 15) is 0 Å². The van der Waals surface area contributed by atoms with Gasteiger partial charge in [0.25, 0.3) is 0 Å². The molecule has 48 valence electrons. The van der Waals surface area contributed by atoms with E-state index in [2.05, 4.69) is 13.9 Å². The second-order valence-electron chi connectivity index (χ2n) is 1.02. The van der Waals surface area contributed by atoms with E-state index >= 15 is 0 Å². The Morgan fingerprint density at radius 1 is 1.62 bits per heavy atom. The summed E-state index contributed by atoms with van der Waals surface area (Å²) < 4.78 is 13.2. The fourth-order valence-electron chi connectivity index (χ4n) is 0.195. The summed E-state index contributed by atoms with van der Waals surface area (Å²) in [6.45, 7) is 1.24. The smallest absolute Gasteiger partial charge is 0.175 e. The highest BCUT2D eigenvalue weighted by Crippen LogP contribution is 2.04. The number of hydrogen-bond donors (Lipinski definition) is 0. The van der Waals surface area contributed by atoms with Crippen molar-refractivity contribution in [2.45, 2.75) is 0 Å². The lowest BCUT2D eigenvalue weighted by Gasteiger charge is -1.91. The number of methoxy groups -OCH3 is 1. The molecule has 0 saturated heterocycles. The van der Waals surface area contributed by atoms with Crippen LogP contribution in [0.25, 0.3) is 0 Å². The van der Waals surface area contributed by atoms with Crippen LogP contribution in [0.3, 0.4) is 0 Å². The van der Waals surface area contributed by atoms with Crippen molar-refractivity contribution in [1.29, 1.82) is 0 Å². The molecule has 0 bridgehead atoms. The minimum atomic E-state index is 0.607. The zero-order valence-electron chi connectivity index (χ0n) is 4.70. The van der Waals surface area contributed by atoms with E-state index in [0.29, 0.717) is 21.8 Å². The Kier molecular flexibility index (Phi) is 7.87. The van der Waals surface area contributed by atoms with Gasteiger partial charge in [0, 0.05) is 7.11 Å². The lowest BCUT2D eigenvalue weighted by atomic mass is 10.8. The Hall–Kier alpha value is 0.450. The Labute approximate surface area is 53.0 Å². The lowest BCUT2D eigenvalue weighted by Crippen LogP contribution is -1.93. The molecule has 0 spiro atoms. The predicted molar refractivity (Wildman–Crippen MR) is 36.9 cm³/mol. The Morgan fingerprint density at radius 2 is 2.38 bits per heavy atom. The van der Waals surface area contributed by atoms with Crippen LogP contribution in [0.5, 0.6) is 0 Å². The second-order valence-corrected chi connectivity index (χ2v) is 2.37. The molecule has 0 radical (unpaired) electrons. The van der Waals surface area contributed by atoms with Crippen LogP contribution in [-0.2, 0) is 9.26 Å². The van der Waals surface area contributed by atoms with Crippen molar-refractivity contribution in [3.8, 4) is 0 Å². The van der Waals surface area contributed by atoms with Gasteiger partial charge in [-0.15, -0.1) is 0 Å². The molecule has 1 unspecified atom stereocenters. The van der Waals surface area contributed by atoms with Gasteiger partial charge in [0.2, 0.25) is 0 Å². The van der Waals surface area contributed by atoms with E-state index in [1.807, 2.05) is 0 Å². The molecule has 0 aromatic heterocycles. The van der Waals surface area contributed by atoms with Crippen LogP contribution < -0.4 is 0 Å². The molecular weight excluding hydrogens is 144 g/mol. The molecule has 0 aromatic rings. The van der Waals surface area contributed by atoms with Crippen LogP contribution in [0, 0.1) is 0 Å². The molecule has 0 rings (SSSR count). The van der Waals surface area contributed by atoms with E-state index in [1.165, 1.54) is 0 Å². The fourth-order valence-corrected chi connectivity index (χ4v) is 0.618. The Bertz CT molecular complexity index is 68.3. The van der Waals surface area contributed by atoms with Gasteiger partial charge in [-0.3, -0.25) is 0 Å². The minimum absolute atomic E-state index is 0.607. The van der Waals surface area contributed by atoms with Gasteiger partial charge in [0.1, 0.15) is 0 Å². The van der Waals surface area contributed by atoms with Gasteiger partial charge in [-0.2, -0.15) is 0 Å². The molecule has 0 aliphatic rings. The summed E-state index contributed by atoms with van der Waals surface area (Å²) in [5.41, 5.74) is 0. The molecule has 0 amide bonds. The predicted octanol–water partition coefficient (Wildman–Crippen LogP) is 1.48. The van der Waals surface area contributed by atoms with Crippen molar-refractivity contribution in [2.75, 3.05) is 20.3 Å². The summed E-state index contributed by atoms with van der Waals surface area (Å²) in [4.78, 5) is 0. The first kappa shape index (κ1) is 8.45. The minimum Gasteiger partial charge on any atom is -0.382 e. The zero-order chi connectivity index (χ0) is 6.24. The summed E-state index contributed by atoms with van der Waals surface area (Å²) >= 11 is 0. The third-order valence-corrected chi connectivity index (χ3v) is 1.16. The molecule has 0 heterocycles. The maximum absolute atomic E-state index is 4.88. The molecule has 8 heavy (non-hydrogen) atoms. The van der Waals surface area contributed by atoms with Gasteiger partial charge >= 0.3 is 0 Å². The van der Waals surface area contributed by atoms with E-state index < -0.39 is 0 Å². The van der Waals surface area contributed by atoms with Crippen molar-refractivity contribution in [3.63, 3.8) is 0 Å². The topological polar surface area (TPSA) is 30.8 Å². The summed E-state index contributed by atoms with van der Waals surface area (Å²) in [6, 6.07) is 0. The highest BCUT2D eigenvalue weighted by atomic mass is 31.1. The highest BCUT2D eigenvalue weighted by Gasteiger charge is 1.78. The maximum Gasteiger partial charge on any atom is 0.175 e. The Morgan fingerprint density at radius 3 is 2.88 bits per heavy atom. The van der Waals surface area contributed by atoms with E-state index in [-0.39, 0.29) is 0 Å². The standard InChI is InChI=1S/C3H9NO2P2/c1-5-2-3-6-8-4-7/h2-3,7H2,1H3. The first-order valence-corrected chi connectivity index (χ1v) is 3.41. The van der Waals surface area contributed by atoms with Gasteiger partial charge in [-0.05, 0) is 9.39 Å². The molecule has 3 nitrogen and oxygen atoms in total. The lowest BCUT2D eigenvalue weighted by molar-refractivity contribution is 0.156. The van der Waals surface area contributed by atoms with Crippen LogP contribution in [0.2, 0.25) is 0 Å². The second kappa shape index (κ2) is 7.45. The normalized spacial score (nSPS) is 10.8. The molecule has 5 heteroatoms. The molecular formula is C3H9NO2P2. The molecule has 0 aliphatic carbocycles. The number of nitrogens with zero attached hydrogens (tertiary/aromatic N) is 1. The number of rotatable bonds is 4. The SMILES string of the molecule is COCCOP=NP. The van der Waals surface area contributed by atoms with Crippen LogP contribution in [0.15, 0.2) is 4.52 Å². The average molecular weight is 153 g/mol. The monoisotopic (exact) mass is 153 g/mol. The maximum atomic E-state index is 4.88. The van der Waals surface area contributed by atoms with Crippen molar-refractivity contribution in [2.24, 2.45) is 4.52 Å². The third-order valence-electron chi connectivity index (χ3n) is 0.484. The van der Waals surface area contributed by atoms with Crippen LogP contribution in [-0.4, -0.2) is 20.3 Å². The number of hydrogen-bond acceptors (Lipinski definition) is 3. The molecule has 0 saturated carbocycles. The first-order chi connectivity index (χ1) is 3.91. The van der Waals surface area contributed by atoms with Gasteiger partial charge in [0.15, 0.2) is 8.60 Å². The van der Waals surface area contributed by atoms with Crippen molar-refractivity contribution < 1.29 is 9.26 Å². The third kappa shape index (κ3) is 6.45. The van der Waals surface area contributed by atoms with E-state index in [0.717, 1.165) is 0 Å². The van der Waals surface area contributed by atoms with E-state index in [1.54, 1.807) is 7.11 Å². The average Bonchev–Trinajstić information content (AvgIpc) is 1.81. The molecule has 0 N–H and O–H groups in total. The molecule has 0 aliphatic heterocycles. The van der Waals surface area contributed by atoms with Gasteiger partial charge in [-0.25, -0.2) is 4.52 Å². The van der Waals surface area contributed by atoms with Crippen LogP contribution in [0.4, 0.5) is 0 Å². The van der Waals surface area contributed by atoms with Crippen LogP contribution >= 0.6 is 18.0 Å². The summed E-state index contributed by atoms with van der Waals surface area (Å²) in [6.07, 6.45) is 0. The Balaban J connectivity index is 2.72. The summed E-state index contributed by atoms with van der Waals surface area (Å²) in [5.74, 6) is 0. The molecule has 1 atom stereocenters.